The zero-order valence-electron chi connectivity index (χ0n) is 12.7. The van der Waals surface area contributed by atoms with Crippen molar-refractivity contribution in [2.45, 2.75) is 0 Å². The number of rotatable bonds is 3. The summed E-state index contributed by atoms with van der Waals surface area (Å²) < 4.78 is 24.7. The van der Waals surface area contributed by atoms with E-state index in [0.29, 0.717) is 23.0 Å². The van der Waals surface area contributed by atoms with E-state index in [0.717, 1.165) is 0 Å². The molecule has 0 fully saturated rings. The quantitative estimate of drug-likeness (QED) is 0.517. The maximum absolute atomic E-state index is 12.6. The lowest BCUT2D eigenvalue weighted by Gasteiger charge is -2.00. The minimum Gasteiger partial charge on any atom is -0.298 e. The maximum Gasteiger partial charge on any atom is 0.193 e. The molecular weight excluding hydrogens is 310 g/mol. The second-order valence-corrected chi connectivity index (χ2v) is 4.87. The molecule has 0 aliphatic carbocycles. The van der Waals surface area contributed by atoms with Gasteiger partial charge >= 0.3 is 0 Å². The minimum atomic E-state index is -0.334. The van der Waals surface area contributed by atoms with Crippen LogP contribution in [0.15, 0.2) is 78.9 Å². The predicted octanol–water partition coefficient (Wildman–Crippen LogP) is 4.69. The lowest BCUT2D eigenvalue weighted by molar-refractivity contribution is 0.103. The summed E-state index contributed by atoms with van der Waals surface area (Å²) in [4.78, 5) is 21.8. The number of carbonyl (C=O) groups is 2. The van der Waals surface area contributed by atoms with Crippen molar-refractivity contribution in [2.75, 3.05) is 0 Å². The molecule has 3 rings (SSSR count). The second-order valence-electron chi connectivity index (χ2n) is 4.87. The van der Waals surface area contributed by atoms with Crippen molar-refractivity contribution in [3.05, 3.63) is 107 Å². The fourth-order valence-corrected chi connectivity index (χ4v) is 1.90. The second kappa shape index (κ2) is 8.48. The molecule has 0 saturated heterocycles. The van der Waals surface area contributed by atoms with E-state index in [2.05, 4.69) is 0 Å². The number of aldehydes is 1. The van der Waals surface area contributed by atoms with Crippen LogP contribution in [-0.4, -0.2) is 12.1 Å². The van der Waals surface area contributed by atoms with Gasteiger partial charge in [0, 0.05) is 16.7 Å². The van der Waals surface area contributed by atoms with Crippen molar-refractivity contribution in [2.24, 2.45) is 0 Å². The Labute approximate surface area is 138 Å². The summed E-state index contributed by atoms with van der Waals surface area (Å²) in [5, 5.41) is 0. The van der Waals surface area contributed by atoms with Crippen LogP contribution >= 0.6 is 0 Å². The van der Waals surface area contributed by atoms with Crippen LogP contribution in [0.4, 0.5) is 8.78 Å². The summed E-state index contributed by atoms with van der Waals surface area (Å²) in [6, 6.07) is 19.9. The van der Waals surface area contributed by atoms with Gasteiger partial charge in [-0.25, -0.2) is 8.78 Å². The third-order valence-electron chi connectivity index (χ3n) is 3.15. The van der Waals surface area contributed by atoms with Gasteiger partial charge in [0.2, 0.25) is 0 Å². The van der Waals surface area contributed by atoms with E-state index < -0.39 is 0 Å². The first-order valence-electron chi connectivity index (χ1n) is 7.16. The molecule has 2 nitrogen and oxygen atoms in total. The molecular formula is C20H14F2O2. The maximum atomic E-state index is 12.6. The minimum absolute atomic E-state index is 0.0874. The van der Waals surface area contributed by atoms with Gasteiger partial charge in [-0.05, 0) is 48.5 Å². The molecule has 0 N–H and O–H groups in total. The highest BCUT2D eigenvalue weighted by Gasteiger charge is 2.07. The van der Waals surface area contributed by atoms with Gasteiger partial charge in [0.25, 0.3) is 0 Å². The van der Waals surface area contributed by atoms with E-state index in [4.69, 9.17) is 0 Å². The van der Waals surface area contributed by atoms with Crippen molar-refractivity contribution in [1.82, 2.24) is 0 Å². The molecule has 0 aliphatic heterocycles. The number of halogens is 2. The highest BCUT2D eigenvalue weighted by atomic mass is 19.1. The van der Waals surface area contributed by atoms with Gasteiger partial charge in [-0.3, -0.25) is 9.59 Å². The first-order valence-corrected chi connectivity index (χ1v) is 7.16. The van der Waals surface area contributed by atoms with Crippen LogP contribution in [-0.2, 0) is 0 Å². The van der Waals surface area contributed by atoms with Gasteiger partial charge in [-0.1, -0.05) is 30.3 Å². The number of hydrogen-bond donors (Lipinski definition) is 0. The lowest BCUT2D eigenvalue weighted by Crippen LogP contribution is -2.00. The SMILES string of the molecule is O=C(c1ccccc1)c1ccc(F)cc1.O=Cc1ccc(F)cc1. The van der Waals surface area contributed by atoms with E-state index in [1.54, 1.807) is 24.3 Å². The predicted molar refractivity (Wildman–Crippen MR) is 88.1 cm³/mol. The van der Waals surface area contributed by atoms with E-state index in [-0.39, 0.29) is 17.4 Å². The molecule has 120 valence electrons. The van der Waals surface area contributed by atoms with Crippen LogP contribution in [0.2, 0.25) is 0 Å². The highest BCUT2D eigenvalue weighted by molar-refractivity contribution is 6.08. The summed E-state index contributed by atoms with van der Waals surface area (Å²) in [5.74, 6) is -0.740. The normalized spacial score (nSPS) is 9.58. The molecule has 3 aromatic carbocycles. The molecule has 0 radical (unpaired) electrons. The van der Waals surface area contributed by atoms with Crippen molar-refractivity contribution in [3.63, 3.8) is 0 Å². The largest absolute Gasteiger partial charge is 0.298 e. The molecule has 0 unspecified atom stereocenters. The summed E-state index contributed by atoms with van der Waals surface area (Å²) in [6.07, 6.45) is 0.680. The average molecular weight is 324 g/mol. The summed E-state index contributed by atoms with van der Waals surface area (Å²) in [5.41, 5.74) is 1.61. The smallest absolute Gasteiger partial charge is 0.193 e. The van der Waals surface area contributed by atoms with Crippen molar-refractivity contribution in [1.29, 1.82) is 0 Å². The Kier molecular flexibility index (Phi) is 6.08. The summed E-state index contributed by atoms with van der Waals surface area (Å²) in [6.45, 7) is 0. The van der Waals surface area contributed by atoms with E-state index in [1.807, 2.05) is 6.07 Å². The Balaban J connectivity index is 0.000000198. The number of benzene rings is 3. The van der Waals surface area contributed by atoms with Gasteiger partial charge in [-0.15, -0.1) is 0 Å². The number of ketones is 1. The molecule has 0 bridgehead atoms. The zero-order chi connectivity index (χ0) is 17.4. The van der Waals surface area contributed by atoms with E-state index in [1.165, 1.54) is 48.5 Å². The molecule has 24 heavy (non-hydrogen) atoms. The van der Waals surface area contributed by atoms with Crippen molar-refractivity contribution >= 4 is 12.1 Å². The van der Waals surface area contributed by atoms with Crippen molar-refractivity contribution < 1.29 is 18.4 Å². The van der Waals surface area contributed by atoms with Gasteiger partial charge in [0.05, 0.1) is 0 Å². The molecule has 0 spiro atoms. The molecule has 0 amide bonds. The third kappa shape index (κ3) is 4.95. The number of hydrogen-bond acceptors (Lipinski definition) is 2. The molecule has 0 heterocycles. The van der Waals surface area contributed by atoms with E-state index in [9.17, 15) is 18.4 Å². The fourth-order valence-electron chi connectivity index (χ4n) is 1.90. The average Bonchev–Trinajstić information content (AvgIpc) is 2.64. The molecule has 0 saturated carbocycles. The lowest BCUT2D eigenvalue weighted by atomic mass is 10.0. The Hall–Kier alpha value is -3.14. The van der Waals surface area contributed by atoms with Crippen LogP contribution in [0.3, 0.4) is 0 Å². The Morgan fingerprint density at radius 3 is 1.62 bits per heavy atom. The molecule has 3 aromatic rings. The van der Waals surface area contributed by atoms with Crippen molar-refractivity contribution in [3.8, 4) is 0 Å². The molecule has 4 heteroatoms. The molecule has 0 aliphatic rings. The monoisotopic (exact) mass is 324 g/mol. The first kappa shape index (κ1) is 17.2. The Morgan fingerprint density at radius 1 is 0.667 bits per heavy atom. The first-order chi connectivity index (χ1) is 11.6. The van der Waals surface area contributed by atoms with Crippen LogP contribution in [0.5, 0.6) is 0 Å². The fraction of sp³-hybridized carbons (Fsp3) is 0. The molecule has 0 aromatic heterocycles. The van der Waals surface area contributed by atoms with Gasteiger partial charge < -0.3 is 0 Å². The van der Waals surface area contributed by atoms with Gasteiger partial charge in [0.1, 0.15) is 17.9 Å². The third-order valence-corrected chi connectivity index (χ3v) is 3.15. The Morgan fingerprint density at radius 2 is 1.12 bits per heavy atom. The van der Waals surface area contributed by atoms with Gasteiger partial charge in [0.15, 0.2) is 5.78 Å². The van der Waals surface area contributed by atoms with Crippen LogP contribution < -0.4 is 0 Å². The topological polar surface area (TPSA) is 34.1 Å². The van der Waals surface area contributed by atoms with Crippen LogP contribution in [0, 0.1) is 11.6 Å². The van der Waals surface area contributed by atoms with E-state index >= 15 is 0 Å². The summed E-state index contributed by atoms with van der Waals surface area (Å²) in [7, 11) is 0. The Bertz CT molecular complexity index is 795. The molecule has 0 atom stereocenters. The van der Waals surface area contributed by atoms with Crippen LogP contribution in [0.1, 0.15) is 26.3 Å². The van der Waals surface area contributed by atoms with Gasteiger partial charge in [-0.2, -0.15) is 0 Å². The van der Waals surface area contributed by atoms with Crippen LogP contribution in [0.25, 0.3) is 0 Å². The highest BCUT2D eigenvalue weighted by Crippen LogP contribution is 2.10. The summed E-state index contributed by atoms with van der Waals surface area (Å²) >= 11 is 0. The standard InChI is InChI=1S/C13H9FO.C7H5FO/c14-12-8-6-11(7-9-12)13(15)10-4-2-1-3-5-10;8-7-3-1-6(5-9)2-4-7/h1-9H;1-5H. The zero-order valence-corrected chi connectivity index (χ0v) is 12.7. The number of carbonyl (C=O) groups excluding carboxylic acids is 2.